The molecule has 160 valence electrons. The van der Waals surface area contributed by atoms with Gasteiger partial charge in [-0.05, 0) is 51.0 Å². The molecule has 1 aromatic carbocycles. The van der Waals surface area contributed by atoms with E-state index >= 15 is 0 Å². The SMILES string of the molecule is CC1(C)COCCN1C(=O)c1ccc(-c2cccc3nc(NC(=O)C4CC4)nn23)cc1. The van der Waals surface area contributed by atoms with Gasteiger partial charge in [-0.2, -0.15) is 4.98 Å². The minimum Gasteiger partial charge on any atom is -0.377 e. The minimum absolute atomic E-state index is 0.00360. The number of ether oxygens (including phenoxy) is 1. The molecule has 2 aromatic heterocycles. The summed E-state index contributed by atoms with van der Waals surface area (Å²) in [6.45, 7) is 5.71. The zero-order valence-electron chi connectivity index (χ0n) is 17.7. The molecule has 3 aromatic rings. The van der Waals surface area contributed by atoms with Crippen molar-refractivity contribution >= 4 is 23.4 Å². The lowest BCUT2D eigenvalue weighted by atomic mass is 10.00. The maximum Gasteiger partial charge on any atom is 0.254 e. The van der Waals surface area contributed by atoms with Crippen LogP contribution in [0, 0.1) is 5.92 Å². The highest BCUT2D eigenvalue weighted by atomic mass is 16.5. The number of hydrogen-bond donors (Lipinski definition) is 1. The number of benzene rings is 1. The number of hydrogen-bond acceptors (Lipinski definition) is 5. The van der Waals surface area contributed by atoms with Gasteiger partial charge < -0.3 is 9.64 Å². The molecule has 1 aliphatic carbocycles. The Hall–Kier alpha value is -3.26. The smallest absolute Gasteiger partial charge is 0.254 e. The number of nitrogens with one attached hydrogen (secondary N) is 1. The van der Waals surface area contributed by atoms with E-state index in [4.69, 9.17) is 4.74 Å². The fraction of sp³-hybridized carbons (Fsp3) is 0.391. The van der Waals surface area contributed by atoms with Crippen molar-refractivity contribution in [1.82, 2.24) is 19.5 Å². The van der Waals surface area contributed by atoms with Gasteiger partial charge in [0, 0.05) is 23.6 Å². The van der Waals surface area contributed by atoms with Crippen molar-refractivity contribution in [2.75, 3.05) is 25.1 Å². The van der Waals surface area contributed by atoms with Crippen LogP contribution < -0.4 is 5.32 Å². The lowest BCUT2D eigenvalue weighted by Gasteiger charge is -2.42. The largest absolute Gasteiger partial charge is 0.377 e. The molecule has 0 spiro atoms. The summed E-state index contributed by atoms with van der Waals surface area (Å²) < 4.78 is 7.24. The van der Waals surface area contributed by atoms with Crippen molar-refractivity contribution in [3.8, 4) is 11.3 Å². The Morgan fingerprint density at radius 1 is 1.13 bits per heavy atom. The Bertz CT molecular complexity index is 1150. The predicted molar refractivity (Wildman–Crippen MR) is 116 cm³/mol. The maximum absolute atomic E-state index is 13.0. The van der Waals surface area contributed by atoms with Crippen LogP contribution in [0.15, 0.2) is 42.5 Å². The zero-order chi connectivity index (χ0) is 21.6. The van der Waals surface area contributed by atoms with Gasteiger partial charge in [0.05, 0.1) is 24.4 Å². The van der Waals surface area contributed by atoms with E-state index in [0.717, 1.165) is 24.1 Å². The Kier molecular flexibility index (Phi) is 4.74. The first kappa shape index (κ1) is 19.7. The molecule has 0 unspecified atom stereocenters. The molecule has 1 saturated carbocycles. The standard InChI is InChI=1S/C23H25N5O3/c1-23(2)14-31-13-12-27(23)21(30)17-10-6-15(7-11-17)18-4-3-5-19-24-22(26-28(18)19)25-20(29)16-8-9-16/h3-7,10-11,16H,8-9,12-14H2,1-2H3,(H,25,26,29). The second kappa shape index (κ2) is 7.46. The fourth-order valence-electron chi connectivity index (χ4n) is 3.91. The van der Waals surface area contributed by atoms with Crippen molar-refractivity contribution in [2.24, 2.45) is 5.92 Å². The van der Waals surface area contributed by atoms with E-state index in [1.165, 1.54) is 0 Å². The van der Waals surface area contributed by atoms with E-state index in [2.05, 4.69) is 15.4 Å². The number of anilines is 1. The number of fused-ring (bicyclic) bond motifs is 1. The average Bonchev–Trinajstić information content (AvgIpc) is 3.53. The second-order valence-electron chi connectivity index (χ2n) is 8.78. The Balaban J connectivity index is 1.41. The molecule has 1 saturated heterocycles. The van der Waals surface area contributed by atoms with Crippen LogP contribution in [-0.4, -0.2) is 56.6 Å². The maximum atomic E-state index is 13.0. The average molecular weight is 419 g/mol. The van der Waals surface area contributed by atoms with Crippen molar-refractivity contribution in [3.05, 3.63) is 48.0 Å². The first-order valence-electron chi connectivity index (χ1n) is 10.6. The summed E-state index contributed by atoms with van der Waals surface area (Å²) in [5.74, 6) is 0.383. The summed E-state index contributed by atoms with van der Waals surface area (Å²) in [6, 6.07) is 13.2. The molecule has 0 atom stereocenters. The molecule has 31 heavy (non-hydrogen) atoms. The first-order valence-corrected chi connectivity index (χ1v) is 10.6. The van der Waals surface area contributed by atoms with Crippen LogP contribution in [0.4, 0.5) is 5.95 Å². The monoisotopic (exact) mass is 419 g/mol. The number of amides is 2. The summed E-state index contributed by atoms with van der Waals surface area (Å²) in [7, 11) is 0. The quantitative estimate of drug-likeness (QED) is 0.702. The number of carbonyl (C=O) groups is 2. The van der Waals surface area contributed by atoms with Gasteiger partial charge in [0.2, 0.25) is 11.9 Å². The Morgan fingerprint density at radius 2 is 1.90 bits per heavy atom. The van der Waals surface area contributed by atoms with Crippen molar-refractivity contribution in [2.45, 2.75) is 32.2 Å². The third-order valence-electron chi connectivity index (χ3n) is 5.86. The topological polar surface area (TPSA) is 88.8 Å². The highest BCUT2D eigenvalue weighted by Crippen LogP contribution is 2.30. The molecule has 3 heterocycles. The van der Waals surface area contributed by atoms with Crippen LogP contribution in [-0.2, 0) is 9.53 Å². The summed E-state index contributed by atoms with van der Waals surface area (Å²) in [5, 5.41) is 7.27. The van der Waals surface area contributed by atoms with Crippen LogP contribution in [0.2, 0.25) is 0 Å². The van der Waals surface area contributed by atoms with Crippen LogP contribution in [0.25, 0.3) is 16.9 Å². The molecule has 1 aliphatic heterocycles. The molecule has 1 N–H and O–H groups in total. The molecule has 8 nitrogen and oxygen atoms in total. The molecule has 2 fully saturated rings. The molecular weight excluding hydrogens is 394 g/mol. The highest BCUT2D eigenvalue weighted by Gasteiger charge is 2.34. The van der Waals surface area contributed by atoms with Gasteiger partial charge >= 0.3 is 0 Å². The van der Waals surface area contributed by atoms with E-state index in [9.17, 15) is 9.59 Å². The van der Waals surface area contributed by atoms with Crippen LogP contribution in [0.3, 0.4) is 0 Å². The van der Waals surface area contributed by atoms with Gasteiger partial charge in [-0.15, -0.1) is 5.10 Å². The number of morpholine rings is 1. The lowest BCUT2D eigenvalue weighted by Crippen LogP contribution is -2.55. The van der Waals surface area contributed by atoms with E-state index in [1.54, 1.807) is 4.52 Å². The molecular formula is C23H25N5O3. The third-order valence-corrected chi connectivity index (χ3v) is 5.86. The zero-order valence-corrected chi connectivity index (χ0v) is 17.7. The fourth-order valence-corrected chi connectivity index (χ4v) is 3.91. The number of rotatable bonds is 4. The first-order chi connectivity index (χ1) is 14.9. The van der Waals surface area contributed by atoms with Gasteiger partial charge in [0.15, 0.2) is 5.65 Å². The molecule has 0 radical (unpaired) electrons. The highest BCUT2D eigenvalue weighted by molar-refractivity contribution is 5.95. The van der Waals surface area contributed by atoms with E-state index in [1.807, 2.05) is 61.2 Å². The normalized spacial score (nSPS) is 18.2. The predicted octanol–water partition coefficient (Wildman–Crippen LogP) is 3.00. The molecule has 2 amide bonds. The molecule has 5 rings (SSSR count). The van der Waals surface area contributed by atoms with Gasteiger partial charge in [0.25, 0.3) is 5.91 Å². The number of pyridine rings is 1. The van der Waals surface area contributed by atoms with Gasteiger partial charge in [0.1, 0.15) is 0 Å². The Morgan fingerprint density at radius 3 is 2.61 bits per heavy atom. The number of carbonyl (C=O) groups excluding carboxylic acids is 2. The summed E-state index contributed by atoms with van der Waals surface area (Å²) in [4.78, 5) is 31.4. The Labute approximate surface area is 180 Å². The van der Waals surface area contributed by atoms with Crippen LogP contribution in [0.1, 0.15) is 37.0 Å². The summed E-state index contributed by atoms with van der Waals surface area (Å²) >= 11 is 0. The van der Waals surface area contributed by atoms with Gasteiger partial charge in [-0.1, -0.05) is 18.2 Å². The van der Waals surface area contributed by atoms with Crippen molar-refractivity contribution in [3.63, 3.8) is 0 Å². The van der Waals surface area contributed by atoms with Gasteiger partial charge in [-0.25, -0.2) is 4.52 Å². The van der Waals surface area contributed by atoms with Crippen LogP contribution in [0.5, 0.6) is 0 Å². The number of aromatic nitrogens is 3. The van der Waals surface area contributed by atoms with E-state index < -0.39 is 0 Å². The summed E-state index contributed by atoms with van der Waals surface area (Å²) in [5.41, 5.74) is 2.71. The van der Waals surface area contributed by atoms with E-state index in [-0.39, 0.29) is 23.3 Å². The van der Waals surface area contributed by atoms with Gasteiger partial charge in [-0.3, -0.25) is 14.9 Å². The van der Waals surface area contributed by atoms with E-state index in [0.29, 0.717) is 36.9 Å². The lowest BCUT2D eigenvalue weighted by molar-refractivity contribution is -0.117. The number of nitrogens with zero attached hydrogens (tertiary/aromatic N) is 4. The van der Waals surface area contributed by atoms with Crippen molar-refractivity contribution < 1.29 is 14.3 Å². The second-order valence-corrected chi connectivity index (χ2v) is 8.78. The third kappa shape index (κ3) is 3.79. The van der Waals surface area contributed by atoms with Crippen LogP contribution >= 0.6 is 0 Å². The van der Waals surface area contributed by atoms with Crippen molar-refractivity contribution in [1.29, 1.82) is 0 Å². The minimum atomic E-state index is -0.332. The molecule has 0 bridgehead atoms. The molecule has 2 aliphatic rings. The molecule has 8 heteroatoms. The summed E-state index contributed by atoms with van der Waals surface area (Å²) in [6.07, 6.45) is 1.86.